The van der Waals surface area contributed by atoms with Gasteiger partial charge in [-0.1, -0.05) is 74.5 Å². The second-order valence-corrected chi connectivity index (χ2v) is 7.83. The number of benzene rings is 2. The fourth-order valence-electron chi connectivity index (χ4n) is 3.69. The Labute approximate surface area is 175 Å². The lowest BCUT2D eigenvalue weighted by Crippen LogP contribution is -2.48. The smallest absolute Gasteiger partial charge is 0.238 e. The predicted molar refractivity (Wildman–Crippen MR) is 122 cm³/mol. The average Bonchev–Trinajstić information content (AvgIpc) is 2.75. The summed E-state index contributed by atoms with van der Waals surface area (Å²) in [6.07, 6.45) is 5.46. The zero-order valence-electron chi connectivity index (χ0n) is 17.7. The van der Waals surface area contributed by atoms with Crippen LogP contribution in [0.4, 0.5) is 5.69 Å². The molecular weight excluding hydrogens is 358 g/mol. The maximum absolute atomic E-state index is 12.6. The van der Waals surface area contributed by atoms with E-state index in [-0.39, 0.29) is 5.91 Å². The van der Waals surface area contributed by atoms with E-state index in [1.807, 2.05) is 24.3 Å². The van der Waals surface area contributed by atoms with E-state index in [1.54, 1.807) is 0 Å². The van der Waals surface area contributed by atoms with Crippen LogP contribution >= 0.6 is 0 Å². The van der Waals surface area contributed by atoms with Gasteiger partial charge in [0.15, 0.2) is 0 Å². The first-order valence-electron chi connectivity index (χ1n) is 10.7. The Morgan fingerprint density at radius 1 is 1.00 bits per heavy atom. The maximum Gasteiger partial charge on any atom is 0.238 e. The van der Waals surface area contributed by atoms with Gasteiger partial charge in [-0.3, -0.25) is 14.6 Å². The minimum absolute atomic E-state index is 0.0816. The van der Waals surface area contributed by atoms with E-state index in [0.29, 0.717) is 12.5 Å². The number of para-hydroxylation sites is 1. The third-order valence-corrected chi connectivity index (χ3v) is 5.68. The van der Waals surface area contributed by atoms with Crippen LogP contribution in [0.15, 0.2) is 60.7 Å². The molecular formula is C25H33N3O. The molecule has 0 bridgehead atoms. The second-order valence-electron chi connectivity index (χ2n) is 7.83. The highest BCUT2D eigenvalue weighted by Crippen LogP contribution is 2.26. The van der Waals surface area contributed by atoms with Crippen molar-refractivity contribution in [1.29, 1.82) is 0 Å². The fraction of sp³-hybridized carbons (Fsp3) is 0.400. The van der Waals surface area contributed by atoms with Crippen LogP contribution in [0.1, 0.15) is 37.3 Å². The minimum Gasteiger partial charge on any atom is -0.325 e. The van der Waals surface area contributed by atoms with Gasteiger partial charge in [-0.25, -0.2) is 0 Å². The molecule has 0 aromatic heterocycles. The minimum atomic E-state index is 0.0816. The van der Waals surface area contributed by atoms with Crippen molar-refractivity contribution >= 4 is 17.7 Å². The van der Waals surface area contributed by atoms with Gasteiger partial charge >= 0.3 is 0 Å². The lowest BCUT2D eigenvalue weighted by molar-refractivity contribution is -0.117. The van der Waals surface area contributed by atoms with Crippen molar-refractivity contribution in [3.05, 3.63) is 71.8 Å². The summed E-state index contributed by atoms with van der Waals surface area (Å²) in [5, 5.41) is 3.13. The molecule has 4 heteroatoms. The molecule has 2 aromatic carbocycles. The van der Waals surface area contributed by atoms with E-state index in [0.717, 1.165) is 44.8 Å². The van der Waals surface area contributed by atoms with E-state index in [9.17, 15) is 4.79 Å². The SMILES string of the molecule is CCC(C)c1ccccc1NC(=O)CN1CCN(CC=Cc2ccccc2)CC1. The van der Waals surface area contributed by atoms with Crippen molar-refractivity contribution in [1.82, 2.24) is 9.80 Å². The molecule has 1 saturated heterocycles. The first kappa shape index (κ1) is 21.3. The molecule has 4 nitrogen and oxygen atoms in total. The van der Waals surface area contributed by atoms with E-state index in [1.165, 1.54) is 11.1 Å². The van der Waals surface area contributed by atoms with Gasteiger partial charge in [0.25, 0.3) is 0 Å². The summed E-state index contributed by atoms with van der Waals surface area (Å²) in [6, 6.07) is 18.6. The molecule has 1 fully saturated rings. The van der Waals surface area contributed by atoms with Gasteiger partial charge in [0.05, 0.1) is 6.54 Å². The standard InChI is InChI=1S/C25H33N3O/c1-3-21(2)23-13-7-8-14-24(23)26-25(29)20-28-18-16-27(17-19-28)15-9-12-22-10-5-4-6-11-22/h4-14,21H,3,15-20H2,1-2H3,(H,26,29). The topological polar surface area (TPSA) is 35.6 Å². The summed E-state index contributed by atoms with van der Waals surface area (Å²) >= 11 is 0. The highest BCUT2D eigenvalue weighted by molar-refractivity contribution is 5.93. The van der Waals surface area contributed by atoms with Crippen LogP contribution < -0.4 is 5.32 Å². The fourth-order valence-corrected chi connectivity index (χ4v) is 3.69. The van der Waals surface area contributed by atoms with Gasteiger partial charge in [0.2, 0.25) is 5.91 Å². The van der Waals surface area contributed by atoms with Crippen LogP contribution in [0.3, 0.4) is 0 Å². The number of piperazine rings is 1. The number of hydrogen-bond donors (Lipinski definition) is 1. The van der Waals surface area contributed by atoms with Crippen molar-refractivity contribution in [3.8, 4) is 0 Å². The summed E-state index contributed by atoms with van der Waals surface area (Å²) < 4.78 is 0. The molecule has 0 spiro atoms. The van der Waals surface area contributed by atoms with Crippen molar-refractivity contribution in [2.75, 3.05) is 44.6 Å². The summed E-state index contributed by atoms with van der Waals surface area (Å²) in [5.41, 5.74) is 3.41. The Kier molecular flexibility index (Phi) is 8.03. The third kappa shape index (κ3) is 6.55. The summed E-state index contributed by atoms with van der Waals surface area (Å²) in [7, 11) is 0. The number of hydrogen-bond acceptors (Lipinski definition) is 3. The Balaban J connectivity index is 1.43. The summed E-state index contributed by atoms with van der Waals surface area (Å²) in [4.78, 5) is 17.3. The molecule has 1 aliphatic heterocycles. The van der Waals surface area contributed by atoms with Crippen molar-refractivity contribution in [2.45, 2.75) is 26.2 Å². The zero-order valence-corrected chi connectivity index (χ0v) is 17.7. The average molecular weight is 392 g/mol. The van der Waals surface area contributed by atoms with Gasteiger partial charge in [-0.2, -0.15) is 0 Å². The highest BCUT2D eigenvalue weighted by atomic mass is 16.2. The van der Waals surface area contributed by atoms with E-state index >= 15 is 0 Å². The number of amides is 1. The van der Waals surface area contributed by atoms with Crippen LogP contribution in [0.25, 0.3) is 6.08 Å². The molecule has 2 aromatic rings. The molecule has 1 unspecified atom stereocenters. The van der Waals surface area contributed by atoms with E-state index < -0.39 is 0 Å². The number of rotatable bonds is 8. The molecule has 29 heavy (non-hydrogen) atoms. The molecule has 3 rings (SSSR count). The molecule has 154 valence electrons. The molecule has 0 saturated carbocycles. The second kappa shape index (κ2) is 10.9. The van der Waals surface area contributed by atoms with Crippen molar-refractivity contribution in [3.63, 3.8) is 0 Å². The van der Waals surface area contributed by atoms with Gasteiger partial charge in [0, 0.05) is 38.4 Å². The van der Waals surface area contributed by atoms with Crippen molar-refractivity contribution < 1.29 is 4.79 Å². The zero-order chi connectivity index (χ0) is 20.5. The molecule has 1 atom stereocenters. The Hall–Kier alpha value is -2.43. The lowest BCUT2D eigenvalue weighted by atomic mass is 9.97. The number of carbonyl (C=O) groups is 1. The highest BCUT2D eigenvalue weighted by Gasteiger charge is 2.19. The van der Waals surface area contributed by atoms with Crippen LogP contribution in [-0.4, -0.2) is 55.0 Å². The Morgan fingerprint density at radius 3 is 2.38 bits per heavy atom. The first-order chi connectivity index (χ1) is 14.2. The number of nitrogens with zero attached hydrogens (tertiary/aromatic N) is 2. The normalized spacial score (nSPS) is 16.8. The molecule has 0 radical (unpaired) electrons. The number of carbonyl (C=O) groups excluding carboxylic acids is 1. The first-order valence-corrected chi connectivity index (χ1v) is 10.7. The maximum atomic E-state index is 12.6. The van der Waals surface area contributed by atoms with Crippen LogP contribution in [0, 0.1) is 0 Å². The number of nitrogens with one attached hydrogen (secondary N) is 1. The quantitative estimate of drug-likeness (QED) is 0.721. The van der Waals surface area contributed by atoms with Crippen LogP contribution in [0.5, 0.6) is 0 Å². The Morgan fingerprint density at radius 2 is 1.66 bits per heavy atom. The molecule has 1 aliphatic rings. The molecule has 0 aliphatic carbocycles. The van der Waals surface area contributed by atoms with Gasteiger partial charge in [0.1, 0.15) is 0 Å². The number of anilines is 1. The van der Waals surface area contributed by atoms with Crippen LogP contribution in [-0.2, 0) is 4.79 Å². The monoisotopic (exact) mass is 391 g/mol. The molecule has 1 N–H and O–H groups in total. The predicted octanol–water partition coefficient (Wildman–Crippen LogP) is 4.47. The van der Waals surface area contributed by atoms with Crippen molar-refractivity contribution in [2.24, 2.45) is 0 Å². The van der Waals surface area contributed by atoms with Gasteiger partial charge in [-0.05, 0) is 29.5 Å². The van der Waals surface area contributed by atoms with E-state index in [4.69, 9.17) is 0 Å². The molecule has 1 heterocycles. The summed E-state index contributed by atoms with van der Waals surface area (Å²) in [6.45, 7) is 9.65. The third-order valence-electron chi connectivity index (χ3n) is 5.68. The lowest BCUT2D eigenvalue weighted by Gasteiger charge is -2.33. The Bertz CT molecular complexity index is 795. The largest absolute Gasteiger partial charge is 0.325 e. The van der Waals surface area contributed by atoms with Crippen LogP contribution in [0.2, 0.25) is 0 Å². The van der Waals surface area contributed by atoms with Gasteiger partial charge in [-0.15, -0.1) is 0 Å². The van der Waals surface area contributed by atoms with E-state index in [2.05, 4.69) is 71.4 Å². The van der Waals surface area contributed by atoms with Gasteiger partial charge < -0.3 is 5.32 Å². The molecule has 1 amide bonds. The summed E-state index contributed by atoms with van der Waals surface area (Å²) in [5.74, 6) is 0.525.